The lowest BCUT2D eigenvalue weighted by molar-refractivity contribution is 0.0603. The first-order chi connectivity index (χ1) is 11.2. The van der Waals surface area contributed by atoms with E-state index in [0.29, 0.717) is 5.56 Å². The highest BCUT2D eigenvalue weighted by molar-refractivity contribution is 5.99. The number of pyridine rings is 1. The van der Waals surface area contributed by atoms with Crippen LogP contribution in [0.1, 0.15) is 21.6 Å². The first-order valence-corrected chi connectivity index (χ1v) is 7.18. The standard InChI is InChI=1S/C19H17NO3/c1-13(14-7-9-15(22-2)10-8-14)18-12-16(19(21)23-3)17-6-4-5-11-20(17)18/h4-12H,1H2,2-3H3. The van der Waals surface area contributed by atoms with E-state index in [0.717, 1.165) is 28.1 Å². The minimum absolute atomic E-state index is 0.359. The van der Waals surface area contributed by atoms with Gasteiger partial charge in [-0.3, -0.25) is 0 Å². The Balaban J connectivity index is 2.11. The molecule has 2 heterocycles. The summed E-state index contributed by atoms with van der Waals surface area (Å²) in [6.45, 7) is 4.19. The molecule has 0 radical (unpaired) electrons. The Hall–Kier alpha value is -3.01. The first kappa shape index (κ1) is 14.9. The largest absolute Gasteiger partial charge is 0.497 e. The zero-order valence-electron chi connectivity index (χ0n) is 13.1. The van der Waals surface area contributed by atoms with Gasteiger partial charge in [0.25, 0.3) is 0 Å². The highest BCUT2D eigenvalue weighted by Crippen LogP contribution is 2.28. The van der Waals surface area contributed by atoms with Crippen molar-refractivity contribution in [2.45, 2.75) is 0 Å². The Labute approximate surface area is 134 Å². The van der Waals surface area contributed by atoms with E-state index in [1.165, 1.54) is 7.11 Å². The number of ether oxygens (including phenoxy) is 2. The molecule has 2 aromatic heterocycles. The van der Waals surface area contributed by atoms with E-state index in [2.05, 4.69) is 6.58 Å². The fourth-order valence-electron chi connectivity index (χ4n) is 2.60. The Morgan fingerprint density at radius 3 is 2.48 bits per heavy atom. The van der Waals surface area contributed by atoms with Gasteiger partial charge in [0.2, 0.25) is 0 Å². The number of carbonyl (C=O) groups excluding carboxylic acids is 1. The molecule has 0 atom stereocenters. The molecule has 4 heteroatoms. The Kier molecular flexibility index (Phi) is 3.89. The highest BCUT2D eigenvalue weighted by Gasteiger charge is 2.17. The molecular formula is C19H17NO3. The van der Waals surface area contributed by atoms with Crippen LogP contribution in [0.25, 0.3) is 11.1 Å². The van der Waals surface area contributed by atoms with Crippen molar-refractivity contribution < 1.29 is 14.3 Å². The predicted molar refractivity (Wildman–Crippen MR) is 89.9 cm³/mol. The van der Waals surface area contributed by atoms with Gasteiger partial charge < -0.3 is 13.9 Å². The number of nitrogens with zero attached hydrogens (tertiary/aromatic N) is 1. The highest BCUT2D eigenvalue weighted by atomic mass is 16.5. The van der Waals surface area contributed by atoms with Gasteiger partial charge in [-0.15, -0.1) is 0 Å². The van der Waals surface area contributed by atoms with E-state index in [-0.39, 0.29) is 5.97 Å². The van der Waals surface area contributed by atoms with Crippen molar-refractivity contribution in [3.05, 3.63) is 78.1 Å². The molecule has 0 aliphatic rings. The van der Waals surface area contributed by atoms with Crippen molar-refractivity contribution in [2.75, 3.05) is 14.2 Å². The van der Waals surface area contributed by atoms with Gasteiger partial charge >= 0.3 is 5.97 Å². The monoisotopic (exact) mass is 307 g/mol. The van der Waals surface area contributed by atoms with Gasteiger partial charge in [0.05, 0.1) is 31.0 Å². The maximum absolute atomic E-state index is 12.0. The van der Waals surface area contributed by atoms with Crippen LogP contribution in [-0.2, 0) is 4.74 Å². The molecule has 0 aliphatic carbocycles. The lowest BCUT2D eigenvalue weighted by Crippen LogP contribution is -1.99. The quantitative estimate of drug-likeness (QED) is 0.688. The molecule has 0 N–H and O–H groups in total. The maximum Gasteiger partial charge on any atom is 0.340 e. The van der Waals surface area contributed by atoms with E-state index in [9.17, 15) is 4.79 Å². The van der Waals surface area contributed by atoms with Crippen molar-refractivity contribution in [1.29, 1.82) is 0 Å². The van der Waals surface area contributed by atoms with Crippen LogP contribution in [-0.4, -0.2) is 24.6 Å². The first-order valence-electron chi connectivity index (χ1n) is 7.18. The zero-order valence-corrected chi connectivity index (χ0v) is 13.1. The molecule has 0 bridgehead atoms. The van der Waals surface area contributed by atoms with Gasteiger partial charge in [-0.2, -0.15) is 0 Å². The van der Waals surface area contributed by atoms with Crippen LogP contribution >= 0.6 is 0 Å². The van der Waals surface area contributed by atoms with Crippen LogP contribution < -0.4 is 4.74 Å². The molecule has 116 valence electrons. The molecule has 0 saturated carbocycles. The fourth-order valence-corrected chi connectivity index (χ4v) is 2.60. The molecule has 0 saturated heterocycles. The third-order valence-electron chi connectivity index (χ3n) is 3.83. The van der Waals surface area contributed by atoms with Crippen LogP contribution in [0.2, 0.25) is 0 Å². The van der Waals surface area contributed by atoms with Gasteiger partial charge in [0, 0.05) is 6.20 Å². The molecule has 0 spiro atoms. The number of carbonyl (C=O) groups is 1. The SMILES string of the molecule is C=C(c1ccc(OC)cc1)c1cc(C(=O)OC)c2ccccn12. The van der Waals surface area contributed by atoms with E-state index in [1.54, 1.807) is 7.11 Å². The summed E-state index contributed by atoms with van der Waals surface area (Å²) in [6.07, 6.45) is 1.91. The molecule has 4 nitrogen and oxygen atoms in total. The number of fused-ring (bicyclic) bond motifs is 1. The van der Waals surface area contributed by atoms with Crippen molar-refractivity contribution in [3.63, 3.8) is 0 Å². The van der Waals surface area contributed by atoms with E-state index in [4.69, 9.17) is 9.47 Å². The van der Waals surface area contributed by atoms with Gasteiger partial charge in [-0.05, 0) is 41.5 Å². The van der Waals surface area contributed by atoms with Crippen LogP contribution in [0.3, 0.4) is 0 Å². The minimum atomic E-state index is -0.359. The number of hydrogen-bond acceptors (Lipinski definition) is 3. The molecule has 23 heavy (non-hydrogen) atoms. The number of benzene rings is 1. The fraction of sp³-hybridized carbons (Fsp3) is 0.105. The van der Waals surface area contributed by atoms with Crippen molar-refractivity contribution >= 4 is 17.1 Å². The average molecular weight is 307 g/mol. The summed E-state index contributed by atoms with van der Waals surface area (Å²) in [6, 6.07) is 15.2. The molecule has 0 aliphatic heterocycles. The van der Waals surface area contributed by atoms with Crippen molar-refractivity contribution in [1.82, 2.24) is 4.40 Å². The molecule has 0 unspecified atom stereocenters. The van der Waals surface area contributed by atoms with Gasteiger partial charge in [-0.25, -0.2) is 4.79 Å². The summed E-state index contributed by atoms with van der Waals surface area (Å²) in [4.78, 5) is 12.0. The van der Waals surface area contributed by atoms with Crippen molar-refractivity contribution in [2.24, 2.45) is 0 Å². The van der Waals surface area contributed by atoms with Crippen molar-refractivity contribution in [3.8, 4) is 5.75 Å². The summed E-state index contributed by atoms with van der Waals surface area (Å²) < 4.78 is 12.0. The summed E-state index contributed by atoms with van der Waals surface area (Å²) in [5.41, 5.74) is 3.96. The number of methoxy groups -OCH3 is 2. The van der Waals surface area contributed by atoms with E-state index >= 15 is 0 Å². The Morgan fingerprint density at radius 1 is 1.09 bits per heavy atom. The molecule has 0 amide bonds. The number of rotatable bonds is 4. The molecule has 1 aromatic carbocycles. The number of esters is 1. The lowest BCUT2D eigenvalue weighted by Gasteiger charge is -2.08. The second kappa shape index (κ2) is 6.01. The summed E-state index contributed by atoms with van der Waals surface area (Å²) in [5, 5.41) is 0. The summed E-state index contributed by atoms with van der Waals surface area (Å²) in [5.74, 6) is 0.430. The van der Waals surface area contributed by atoms with Crippen LogP contribution in [0.5, 0.6) is 5.75 Å². The maximum atomic E-state index is 12.0. The summed E-state index contributed by atoms with van der Waals surface area (Å²) in [7, 11) is 3.01. The van der Waals surface area contributed by atoms with Crippen LogP contribution in [0.4, 0.5) is 0 Å². The molecule has 0 fully saturated rings. The van der Waals surface area contributed by atoms with Gasteiger partial charge in [0.15, 0.2) is 0 Å². The summed E-state index contributed by atoms with van der Waals surface area (Å²) >= 11 is 0. The normalized spacial score (nSPS) is 10.5. The predicted octanol–water partition coefficient (Wildman–Crippen LogP) is 3.80. The van der Waals surface area contributed by atoms with E-state index < -0.39 is 0 Å². The second-order valence-corrected chi connectivity index (χ2v) is 5.10. The van der Waals surface area contributed by atoms with Gasteiger partial charge in [0.1, 0.15) is 5.75 Å². The molecule has 3 rings (SSSR count). The smallest absolute Gasteiger partial charge is 0.340 e. The third kappa shape index (κ3) is 2.59. The zero-order chi connectivity index (χ0) is 16.4. The third-order valence-corrected chi connectivity index (χ3v) is 3.83. The average Bonchev–Trinajstić information content (AvgIpc) is 3.00. The Bertz CT molecular complexity index is 875. The Morgan fingerprint density at radius 2 is 1.83 bits per heavy atom. The van der Waals surface area contributed by atoms with Crippen LogP contribution in [0.15, 0.2) is 61.3 Å². The van der Waals surface area contributed by atoms with Crippen LogP contribution in [0, 0.1) is 0 Å². The minimum Gasteiger partial charge on any atom is -0.497 e. The molecular weight excluding hydrogens is 290 g/mol. The number of hydrogen-bond donors (Lipinski definition) is 0. The molecule has 3 aromatic rings. The second-order valence-electron chi connectivity index (χ2n) is 5.10. The lowest BCUT2D eigenvalue weighted by atomic mass is 10.0. The number of aromatic nitrogens is 1. The topological polar surface area (TPSA) is 39.9 Å². The van der Waals surface area contributed by atoms with E-state index in [1.807, 2.05) is 59.1 Å². The van der Waals surface area contributed by atoms with Gasteiger partial charge in [-0.1, -0.05) is 24.8 Å².